The molecule has 0 amide bonds. The molecule has 96 valence electrons. The third-order valence-corrected chi connectivity index (χ3v) is 1.08. The van der Waals surface area contributed by atoms with E-state index in [-0.39, 0.29) is 6.61 Å². The van der Waals surface area contributed by atoms with Crippen LogP contribution in [0.5, 0.6) is 0 Å². The van der Waals surface area contributed by atoms with E-state index in [0.717, 1.165) is 26.4 Å². The number of hydrogen-bond donors (Lipinski definition) is 2. The number of hydrogen-bond acceptors (Lipinski definition) is 4. The van der Waals surface area contributed by atoms with Gasteiger partial charge in [0.15, 0.2) is 0 Å². The Morgan fingerprint density at radius 3 is 1.07 bits per heavy atom. The molecule has 0 aliphatic carbocycles. The van der Waals surface area contributed by atoms with E-state index in [4.69, 9.17) is 19.7 Å². The van der Waals surface area contributed by atoms with Gasteiger partial charge in [-0.05, 0) is 34.6 Å². The maximum absolute atomic E-state index is 8.11. The molecule has 0 heterocycles. The van der Waals surface area contributed by atoms with E-state index < -0.39 is 6.10 Å². The molecule has 0 saturated heterocycles. The molecule has 0 radical (unpaired) electrons. The lowest BCUT2D eigenvalue weighted by atomic mass is 10.5. The predicted octanol–water partition coefficient (Wildman–Crippen LogP) is 1.45. The Labute approximate surface area is 94.2 Å². The molecule has 0 aliphatic heterocycles. The Hall–Kier alpha value is -0.160. The van der Waals surface area contributed by atoms with Crippen LogP contribution >= 0.6 is 0 Å². The van der Waals surface area contributed by atoms with E-state index in [9.17, 15) is 0 Å². The zero-order valence-corrected chi connectivity index (χ0v) is 10.8. The summed E-state index contributed by atoms with van der Waals surface area (Å²) in [5.41, 5.74) is 0. The average Bonchev–Trinajstić information content (AvgIpc) is 2.22. The number of rotatable bonds is 5. The van der Waals surface area contributed by atoms with Gasteiger partial charge in [0.1, 0.15) is 0 Å². The summed E-state index contributed by atoms with van der Waals surface area (Å²) in [5, 5.41) is 16.0. The molecule has 0 aromatic heterocycles. The van der Waals surface area contributed by atoms with Crippen molar-refractivity contribution < 1.29 is 19.7 Å². The van der Waals surface area contributed by atoms with Crippen molar-refractivity contribution in [3.8, 4) is 0 Å². The standard InChI is InChI=1S/2C4H10O.C3H8O2/c2*1-3-5-4-2;1-3(5)2-4/h2*3-4H2,1-2H3;3-5H,2H2,1H3. The van der Waals surface area contributed by atoms with Crippen molar-refractivity contribution >= 4 is 0 Å². The van der Waals surface area contributed by atoms with Gasteiger partial charge in [-0.15, -0.1) is 0 Å². The van der Waals surface area contributed by atoms with Gasteiger partial charge in [-0.25, -0.2) is 0 Å². The van der Waals surface area contributed by atoms with Crippen molar-refractivity contribution in [1.82, 2.24) is 0 Å². The molecule has 0 fully saturated rings. The molecule has 0 saturated carbocycles. The van der Waals surface area contributed by atoms with Crippen molar-refractivity contribution in [3.63, 3.8) is 0 Å². The molecule has 0 spiro atoms. The Bertz CT molecular complexity index is 67.0. The first-order valence-electron chi connectivity index (χ1n) is 5.54. The molecule has 1 unspecified atom stereocenters. The molecule has 2 N–H and O–H groups in total. The van der Waals surface area contributed by atoms with Crippen molar-refractivity contribution in [2.45, 2.75) is 40.7 Å². The van der Waals surface area contributed by atoms with Crippen molar-refractivity contribution in [3.05, 3.63) is 0 Å². The summed E-state index contributed by atoms with van der Waals surface area (Å²) in [6.45, 7) is 12.7. The van der Waals surface area contributed by atoms with Gasteiger partial charge in [0.05, 0.1) is 12.7 Å². The monoisotopic (exact) mass is 224 g/mol. The minimum atomic E-state index is -0.560. The van der Waals surface area contributed by atoms with Crippen molar-refractivity contribution in [2.75, 3.05) is 33.0 Å². The second-order valence-electron chi connectivity index (χ2n) is 2.59. The zero-order valence-electron chi connectivity index (χ0n) is 10.8. The van der Waals surface area contributed by atoms with Crippen molar-refractivity contribution in [2.24, 2.45) is 0 Å². The lowest BCUT2D eigenvalue weighted by molar-refractivity contribution is 0.110. The highest BCUT2D eigenvalue weighted by atomic mass is 16.5. The average molecular weight is 224 g/mol. The van der Waals surface area contributed by atoms with Gasteiger partial charge in [0, 0.05) is 26.4 Å². The normalized spacial score (nSPS) is 10.6. The van der Waals surface area contributed by atoms with Gasteiger partial charge in [0.25, 0.3) is 0 Å². The lowest BCUT2D eigenvalue weighted by Crippen LogP contribution is -2.03. The maximum Gasteiger partial charge on any atom is 0.0742 e. The molecule has 4 heteroatoms. The summed E-state index contributed by atoms with van der Waals surface area (Å²) >= 11 is 0. The number of aliphatic hydroxyl groups excluding tert-OH is 2. The fourth-order valence-corrected chi connectivity index (χ4v) is 0.408. The molecule has 0 rings (SSSR count). The Balaban J connectivity index is -0.000000144. The molecule has 0 aromatic carbocycles. The van der Waals surface area contributed by atoms with Crippen LogP contribution in [0.15, 0.2) is 0 Å². The fourth-order valence-electron chi connectivity index (χ4n) is 0.408. The summed E-state index contributed by atoms with van der Waals surface area (Å²) in [5.74, 6) is 0. The topological polar surface area (TPSA) is 58.9 Å². The molecule has 4 nitrogen and oxygen atoms in total. The molecular weight excluding hydrogens is 196 g/mol. The highest BCUT2D eigenvalue weighted by molar-refractivity contribution is 4.34. The van der Waals surface area contributed by atoms with Crippen LogP contribution in [0.3, 0.4) is 0 Å². The van der Waals surface area contributed by atoms with E-state index in [1.165, 1.54) is 6.92 Å². The Morgan fingerprint density at radius 2 is 1.07 bits per heavy atom. The SMILES string of the molecule is CC(O)CO.CCOCC.CCOCC. The fraction of sp³-hybridized carbons (Fsp3) is 1.00. The second-order valence-corrected chi connectivity index (χ2v) is 2.59. The summed E-state index contributed by atoms with van der Waals surface area (Å²) in [7, 11) is 0. The molecule has 0 bridgehead atoms. The molecule has 1 atom stereocenters. The lowest BCUT2D eigenvalue weighted by Gasteiger charge is -1.90. The van der Waals surface area contributed by atoms with E-state index in [1.54, 1.807) is 0 Å². The molecule has 0 aliphatic rings. The molecular formula is C11H28O4. The smallest absolute Gasteiger partial charge is 0.0742 e. The van der Waals surface area contributed by atoms with Crippen LogP contribution in [0.4, 0.5) is 0 Å². The van der Waals surface area contributed by atoms with Gasteiger partial charge in [-0.2, -0.15) is 0 Å². The minimum absolute atomic E-state index is 0.139. The largest absolute Gasteiger partial charge is 0.394 e. The Morgan fingerprint density at radius 1 is 0.867 bits per heavy atom. The van der Waals surface area contributed by atoms with Crippen molar-refractivity contribution in [1.29, 1.82) is 0 Å². The summed E-state index contributed by atoms with van der Waals surface area (Å²) in [6, 6.07) is 0. The Kier molecular flexibility index (Phi) is 31.9. The molecule has 0 aromatic rings. The van der Waals surface area contributed by atoms with Crippen LogP contribution in [0, 0.1) is 0 Å². The van der Waals surface area contributed by atoms with Gasteiger partial charge in [-0.3, -0.25) is 0 Å². The predicted molar refractivity (Wildman–Crippen MR) is 63.1 cm³/mol. The van der Waals surface area contributed by atoms with Gasteiger partial charge in [-0.1, -0.05) is 0 Å². The maximum atomic E-state index is 8.11. The quantitative estimate of drug-likeness (QED) is 0.742. The van der Waals surface area contributed by atoms with Gasteiger partial charge >= 0.3 is 0 Å². The van der Waals surface area contributed by atoms with Crippen LogP contribution in [-0.4, -0.2) is 49.4 Å². The third-order valence-electron chi connectivity index (χ3n) is 1.08. The highest BCUT2D eigenvalue weighted by Gasteiger charge is 1.83. The van der Waals surface area contributed by atoms with Crippen LogP contribution < -0.4 is 0 Å². The van der Waals surface area contributed by atoms with E-state index >= 15 is 0 Å². The summed E-state index contributed by atoms with van der Waals surface area (Å²) < 4.78 is 9.67. The first-order valence-corrected chi connectivity index (χ1v) is 5.54. The van der Waals surface area contributed by atoms with E-state index in [1.807, 2.05) is 27.7 Å². The van der Waals surface area contributed by atoms with E-state index in [2.05, 4.69) is 0 Å². The first-order chi connectivity index (χ1) is 7.10. The van der Waals surface area contributed by atoms with Gasteiger partial charge in [0.2, 0.25) is 0 Å². The van der Waals surface area contributed by atoms with Crippen LogP contribution in [0.1, 0.15) is 34.6 Å². The van der Waals surface area contributed by atoms with Gasteiger partial charge < -0.3 is 19.7 Å². The van der Waals surface area contributed by atoms with Crippen LogP contribution in [0.25, 0.3) is 0 Å². The number of aliphatic hydroxyl groups is 2. The summed E-state index contributed by atoms with van der Waals surface area (Å²) in [6.07, 6.45) is -0.560. The highest BCUT2D eigenvalue weighted by Crippen LogP contribution is 1.68. The first kappa shape index (κ1) is 20.3. The third kappa shape index (κ3) is 56.9. The number of ether oxygens (including phenoxy) is 2. The zero-order chi connectivity index (χ0) is 12.5. The molecule has 15 heavy (non-hydrogen) atoms. The second kappa shape index (κ2) is 23.6. The minimum Gasteiger partial charge on any atom is -0.394 e. The van der Waals surface area contributed by atoms with Crippen LogP contribution in [-0.2, 0) is 9.47 Å². The van der Waals surface area contributed by atoms with E-state index in [0.29, 0.717) is 0 Å². The van der Waals surface area contributed by atoms with Crippen LogP contribution in [0.2, 0.25) is 0 Å². The summed E-state index contributed by atoms with van der Waals surface area (Å²) in [4.78, 5) is 0.